The van der Waals surface area contributed by atoms with Crippen molar-refractivity contribution in [3.05, 3.63) is 29.6 Å². The van der Waals surface area contributed by atoms with E-state index in [1.807, 2.05) is 4.90 Å². The molecule has 0 aliphatic carbocycles. The number of rotatable bonds is 5. The molecule has 4 heterocycles. The van der Waals surface area contributed by atoms with Gasteiger partial charge in [0.15, 0.2) is 0 Å². The van der Waals surface area contributed by atoms with Gasteiger partial charge in [-0.15, -0.1) is 0 Å². The smallest absolute Gasteiger partial charge is 0.249 e. The largest absolute Gasteiger partial charge is 0.375 e. The number of carbonyl (C=O) groups excluding carboxylic acids is 3. The van der Waals surface area contributed by atoms with Crippen LogP contribution in [0.3, 0.4) is 0 Å². The summed E-state index contributed by atoms with van der Waals surface area (Å²) in [6.45, 7) is 4.37. The monoisotopic (exact) mass is 486 g/mol. The highest BCUT2D eigenvalue weighted by Gasteiger charge is 2.39. The number of carbonyl (C=O) groups is 3. The zero-order valence-corrected chi connectivity index (χ0v) is 20.2. The SMILES string of the molecule is O=C1CCC(Nc2ccc(C3CCN(CC(=O)N4CCC5(CCCO5)CC4)CC3)c(F)c2)C(=O)N1. The second-order valence-electron chi connectivity index (χ2n) is 10.5. The van der Waals surface area contributed by atoms with Crippen LogP contribution in [-0.2, 0) is 19.1 Å². The molecule has 190 valence electrons. The maximum Gasteiger partial charge on any atom is 0.249 e. The highest BCUT2D eigenvalue weighted by Crippen LogP contribution is 2.36. The Hall–Kier alpha value is -2.52. The van der Waals surface area contributed by atoms with Crippen molar-refractivity contribution < 1.29 is 23.5 Å². The van der Waals surface area contributed by atoms with Crippen LogP contribution in [0.4, 0.5) is 10.1 Å². The molecule has 4 fully saturated rings. The van der Waals surface area contributed by atoms with Crippen molar-refractivity contribution in [1.29, 1.82) is 0 Å². The number of piperidine rings is 3. The molecule has 35 heavy (non-hydrogen) atoms. The normalized spacial score (nSPS) is 25.6. The number of hydrogen-bond acceptors (Lipinski definition) is 6. The summed E-state index contributed by atoms with van der Waals surface area (Å²) in [5.41, 5.74) is 1.24. The average Bonchev–Trinajstić information content (AvgIpc) is 3.30. The quantitative estimate of drug-likeness (QED) is 0.622. The summed E-state index contributed by atoms with van der Waals surface area (Å²) in [5, 5.41) is 5.34. The van der Waals surface area contributed by atoms with E-state index in [9.17, 15) is 18.8 Å². The van der Waals surface area contributed by atoms with E-state index >= 15 is 0 Å². The Morgan fingerprint density at radius 3 is 2.54 bits per heavy atom. The van der Waals surface area contributed by atoms with Crippen LogP contribution in [0, 0.1) is 5.82 Å². The number of imide groups is 1. The Bertz CT molecular complexity index is 962. The first-order valence-corrected chi connectivity index (χ1v) is 12.9. The average molecular weight is 487 g/mol. The lowest BCUT2D eigenvalue weighted by atomic mass is 9.88. The number of nitrogens with one attached hydrogen (secondary N) is 2. The van der Waals surface area contributed by atoms with E-state index in [1.165, 1.54) is 6.07 Å². The molecule has 1 atom stereocenters. The third kappa shape index (κ3) is 5.51. The maximum atomic E-state index is 14.9. The van der Waals surface area contributed by atoms with Crippen LogP contribution in [-0.4, -0.2) is 78.5 Å². The first-order valence-electron chi connectivity index (χ1n) is 12.9. The first kappa shape index (κ1) is 24.2. The molecule has 0 bridgehead atoms. The van der Waals surface area contributed by atoms with E-state index in [2.05, 4.69) is 15.5 Å². The summed E-state index contributed by atoms with van der Waals surface area (Å²) in [7, 11) is 0. The standard InChI is InChI=1S/C26H35FN4O4/c27-21-16-19(28-22-4-5-23(32)29-25(22)34)2-3-20(21)18-6-11-30(12-7-18)17-24(33)31-13-9-26(10-14-31)8-1-15-35-26/h2-3,16,18,22,28H,1,4-15,17H2,(H,29,32,34). The first-order chi connectivity index (χ1) is 16.9. The number of ether oxygens (including phenoxy) is 1. The van der Waals surface area contributed by atoms with Crippen LogP contribution in [0.25, 0.3) is 0 Å². The van der Waals surface area contributed by atoms with Gasteiger partial charge in [0, 0.05) is 31.8 Å². The molecule has 4 aliphatic rings. The fourth-order valence-corrected chi connectivity index (χ4v) is 5.99. The fourth-order valence-electron chi connectivity index (χ4n) is 5.99. The molecular weight excluding hydrogens is 451 g/mol. The molecule has 8 nitrogen and oxygen atoms in total. The van der Waals surface area contributed by atoms with E-state index in [4.69, 9.17) is 4.74 Å². The molecule has 2 N–H and O–H groups in total. The summed E-state index contributed by atoms with van der Waals surface area (Å²) in [6, 6.07) is 4.50. The van der Waals surface area contributed by atoms with Crippen LogP contribution in [0.5, 0.6) is 0 Å². The molecule has 0 radical (unpaired) electrons. The van der Waals surface area contributed by atoms with Crippen LogP contribution >= 0.6 is 0 Å². The van der Waals surface area contributed by atoms with Crippen molar-refractivity contribution in [3.8, 4) is 0 Å². The fraction of sp³-hybridized carbons (Fsp3) is 0.654. The van der Waals surface area contributed by atoms with E-state index in [1.54, 1.807) is 12.1 Å². The second kappa shape index (κ2) is 10.2. The second-order valence-corrected chi connectivity index (χ2v) is 10.5. The minimum atomic E-state index is -0.533. The molecule has 1 unspecified atom stereocenters. The summed E-state index contributed by atoms with van der Waals surface area (Å²) >= 11 is 0. The van der Waals surface area contributed by atoms with Gasteiger partial charge in [-0.05, 0) is 81.6 Å². The van der Waals surface area contributed by atoms with Gasteiger partial charge in [-0.25, -0.2) is 4.39 Å². The third-order valence-corrected chi connectivity index (χ3v) is 8.18. The molecule has 4 saturated heterocycles. The molecule has 3 amide bonds. The number of likely N-dealkylation sites (tertiary alicyclic amines) is 2. The Balaban J connectivity index is 1.09. The topological polar surface area (TPSA) is 91.0 Å². The zero-order valence-electron chi connectivity index (χ0n) is 20.2. The van der Waals surface area contributed by atoms with Crippen molar-refractivity contribution in [2.45, 2.75) is 68.9 Å². The summed E-state index contributed by atoms with van der Waals surface area (Å²) in [6.07, 6.45) is 6.41. The highest BCUT2D eigenvalue weighted by molar-refractivity contribution is 6.01. The van der Waals surface area contributed by atoms with Gasteiger partial charge in [-0.2, -0.15) is 0 Å². The zero-order chi connectivity index (χ0) is 24.4. The van der Waals surface area contributed by atoms with Crippen molar-refractivity contribution >= 4 is 23.4 Å². The Morgan fingerprint density at radius 1 is 1.11 bits per heavy atom. The van der Waals surface area contributed by atoms with Crippen LogP contribution in [0.1, 0.15) is 62.8 Å². The summed E-state index contributed by atoms with van der Waals surface area (Å²) < 4.78 is 20.9. The van der Waals surface area contributed by atoms with E-state index in [0.717, 1.165) is 71.3 Å². The molecular formula is C26H35FN4O4. The highest BCUT2D eigenvalue weighted by atomic mass is 19.1. The molecule has 9 heteroatoms. The Morgan fingerprint density at radius 2 is 1.89 bits per heavy atom. The number of nitrogens with zero attached hydrogens (tertiary/aromatic N) is 2. The van der Waals surface area contributed by atoms with Crippen LogP contribution in [0.15, 0.2) is 18.2 Å². The van der Waals surface area contributed by atoms with Crippen molar-refractivity contribution in [1.82, 2.24) is 15.1 Å². The van der Waals surface area contributed by atoms with E-state index in [0.29, 0.717) is 24.2 Å². The molecule has 5 rings (SSSR count). The van der Waals surface area contributed by atoms with Crippen LogP contribution < -0.4 is 10.6 Å². The van der Waals surface area contributed by atoms with Crippen molar-refractivity contribution in [2.24, 2.45) is 0 Å². The van der Waals surface area contributed by atoms with Crippen molar-refractivity contribution in [2.75, 3.05) is 44.6 Å². The predicted molar refractivity (Wildman–Crippen MR) is 128 cm³/mol. The number of amides is 3. The lowest BCUT2D eigenvalue weighted by Gasteiger charge is -2.40. The van der Waals surface area contributed by atoms with Gasteiger partial charge in [-0.1, -0.05) is 6.07 Å². The number of anilines is 1. The summed E-state index contributed by atoms with van der Waals surface area (Å²) in [5.74, 6) is -0.630. The molecule has 1 spiro atoms. The third-order valence-electron chi connectivity index (χ3n) is 8.18. The van der Waals surface area contributed by atoms with Gasteiger partial charge < -0.3 is 15.0 Å². The van der Waals surface area contributed by atoms with Gasteiger partial charge in [0.05, 0.1) is 12.1 Å². The summed E-state index contributed by atoms with van der Waals surface area (Å²) in [4.78, 5) is 40.3. The predicted octanol–water partition coefficient (Wildman–Crippen LogP) is 2.39. The molecule has 4 aliphatic heterocycles. The number of halogens is 1. The van der Waals surface area contributed by atoms with Gasteiger partial charge in [0.25, 0.3) is 0 Å². The molecule has 0 saturated carbocycles. The van der Waals surface area contributed by atoms with Crippen molar-refractivity contribution in [3.63, 3.8) is 0 Å². The Labute approximate surface area is 205 Å². The van der Waals surface area contributed by atoms with Gasteiger partial charge in [0.2, 0.25) is 17.7 Å². The maximum absolute atomic E-state index is 14.9. The number of hydrogen-bond donors (Lipinski definition) is 2. The minimum absolute atomic E-state index is 0.0200. The van der Waals surface area contributed by atoms with E-state index in [-0.39, 0.29) is 41.5 Å². The van der Waals surface area contributed by atoms with E-state index < -0.39 is 6.04 Å². The molecule has 0 aromatic heterocycles. The molecule has 1 aromatic carbocycles. The lowest BCUT2D eigenvalue weighted by Crippen LogP contribution is -2.49. The number of benzene rings is 1. The van der Waals surface area contributed by atoms with Gasteiger partial charge in [0.1, 0.15) is 11.9 Å². The minimum Gasteiger partial charge on any atom is -0.375 e. The molecule has 1 aromatic rings. The Kier molecular flexibility index (Phi) is 7.07. The lowest BCUT2D eigenvalue weighted by molar-refractivity contribution is -0.137. The van der Waals surface area contributed by atoms with Gasteiger partial charge >= 0.3 is 0 Å². The van der Waals surface area contributed by atoms with Crippen LogP contribution in [0.2, 0.25) is 0 Å². The van der Waals surface area contributed by atoms with Gasteiger partial charge in [-0.3, -0.25) is 24.6 Å².